The van der Waals surface area contributed by atoms with E-state index in [1.807, 2.05) is 0 Å². The van der Waals surface area contributed by atoms with Crippen LogP contribution in [0.25, 0.3) is 0 Å². The molecule has 1 aliphatic rings. The average Bonchev–Trinajstić information content (AvgIpc) is 2.67. The van der Waals surface area contributed by atoms with E-state index in [-0.39, 0.29) is 36.8 Å². The third-order valence-corrected chi connectivity index (χ3v) is 6.97. The van der Waals surface area contributed by atoms with Gasteiger partial charge in [-0.25, -0.2) is 8.42 Å². The fourth-order valence-corrected chi connectivity index (χ4v) is 4.72. The molecule has 12 heteroatoms. The van der Waals surface area contributed by atoms with Gasteiger partial charge in [0.15, 0.2) is 0 Å². The van der Waals surface area contributed by atoms with Crippen LogP contribution in [0.4, 0.5) is 24.5 Å². The summed E-state index contributed by atoms with van der Waals surface area (Å²) in [5.41, 5.74) is -1.74. The Morgan fingerprint density at radius 1 is 1.00 bits per heavy atom. The van der Waals surface area contributed by atoms with Crippen LogP contribution >= 0.6 is 15.9 Å². The number of alkyl halides is 3. The molecule has 1 saturated heterocycles. The number of hydrogen-bond acceptors (Lipinski definition) is 5. The largest absolute Gasteiger partial charge is 0.416 e. The van der Waals surface area contributed by atoms with Gasteiger partial charge < -0.3 is 4.90 Å². The number of piperazine rings is 1. The lowest BCUT2D eigenvalue weighted by Gasteiger charge is -2.35. The first kappa shape index (κ1) is 21.5. The number of nitro benzene ring substituents is 1. The van der Waals surface area contributed by atoms with Crippen molar-refractivity contribution in [1.29, 1.82) is 0 Å². The number of sulfonamides is 1. The summed E-state index contributed by atoms with van der Waals surface area (Å²) in [5, 5.41) is 11.3. The maximum Gasteiger partial charge on any atom is 0.416 e. The number of rotatable bonds is 4. The summed E-state index contributed by atoms with van der Waals surface area (Å²) in [6, 6.07) is 8.48. The van der Waals surface area contributed by atoms with E-state index in [0.717, 1.165) is 16.6 Å². The van der Waals surface area contributed by atoms with Crippen LogP contribution < -0.4 is 4.90 Å². The standard InChI is InChI=1S/C17H15BrF3N3O4S/c18-13-2-4-14(5-3-13)29(27,28)23-9-7-22(8-10-23)15-6-1-12(17(19,20)21)11-16(15)24(25)26/h1-6,11H,7-10H2. The minimum absolute atomic E-state index is 0.0312. The molecule has 1 heterocycles. The zero-order chi connectivity index (χ0) is 21.4. The highest BCUT2D eigenvalue weighted by atomic mass is 79.9. The van der Waals surface area contributed by atoms with Crippen molar-refractivity contribution in [3.8, 4) is 0 Å². The van der Waals surface area contributed by atoms with E-state index in [1.54, 1.807) is 12.1 Å². The summed E-state index contributed by atoms with van der Waals surface area (Å²) in [6.07, 6.45) is -4.69. The van der Waals surface area contributed by atoms with Crippen LogP contribution in [0.15, 0.2) is 51.8 Å². The SMILES string of the molecule is O=[N+]([O-])c1cc(C(F)(F)F)ccc1N1CCN(S(=O)(=O)c2ccc(Br)cc2)CC1. The van der Waals surface area contributed by atoms with E-state index >= 15 is 0 Å². The quantitative estimate of drug-likeness (QED) is 0.476. The zero-order valence-corrected chi connectivity index (χ0v) is 17.2. The third-order valence-electron chi connectivity index (χ3n) is 4.53. The van der Waals surface area contributed by atoms with Gasteiger partial charge >= 0.3 is 6.18 Å². The highest BCUT2D eigenvalue weighted by molar-refractivity contribution is 9.10. The lowest BCUT2D eigenvalue weighted by atomic mass is 10.1. The van der Waals surface area contributed by atoms with Crippen LogP contribution in [0.5, 0.6) is 0 Å². The van der Waals surface area contributed by atoms with Gasteiger partial charge in [-0.05, 0) is 36.4 Å². The Balaban J connectivity index is 1.80. The fraction of sp³-hybridized carbons (Fsp3) is 0.294. The van der Waals surface area contributed by atoms with E-state index in [1.165, 1.54) is 21.3 Å². The van der Waals surface area contributed by atoms with E-state index in [0.29, 0.717) is 6.07 Å². The highest BCUT2D eigenvalue weighted by Gasteiger charge is 2.35. The molecule has 0 N–H and O–H groups in total. The van der Waals surface area contributed by atoms with Crippen molar-refractivity contribution >= 4 is 37.3 Å². The van der Waals surface area contributed by atoms with Crippen molar-refractivity contribution in [3.05, 3.63) is 62.6 Å². The summed E-state index contributed by atoms with van der Waals surface area (Å²) in [5.74, 6) is 0. The van der Waals surface area contributed by atoms with Crippen LogP contribution in [-0.4, -0.2) is 43.8 Å². The van der Waals surface area contributed by atoms with Gasteiger partial charge in [-0.2, -0.15) is 17.5 Å². The minimum atomic E-state index is -4.69. The molecule has 0 spiro atoms. The molecule has 0 amide bonds. The van der Waals surface area contributed by atoms with Crippen LogP contribution in [0.1, 0.15) is 5.56 Å². The lowest BCUT2D eigenvalue weighted by Crippen LogP contribution is -2.48. The first-order valence-corrected chi connectivity index (χ1v) is 10.6. The second kappa shape index (κ2) is 7.92. The Morgan fingerprint density at radius 3 is 2.10 bits per heavy atom. The molecule has 3 rings (SSSR count). The molecule has 0 bridgehead atoms. The number of nitrogens with zero attached hydrogens (tertiary/aromatic N) is 3. The monoisotopic (exact) mass is 493 g/mol. The smallest absolute Gasteiger partial charge is 0.363 e. The predicted molar refractivity (Wildman–Crippen MR) is 103 cm³/mol. The molecular formula is C17H15BrF3N3O4S. The molecule has 1 fully saturated rings. The average molecular weight is 494 g/mol. The summed E-state index contributed by atoms with van der Waals surface area (Å²) in [4.78, 5) is 12.1. The second-order valence-electron chi connectivity index (χ2n) is 6.30. The van der Waals surface area contributed by atoms with Crippen LogP contribution in [0, 0.1) is 10.1 Å². The summed E-state index contributed by atoms with van der Waals surface area (Å²) < 4.78 is 66.0. The fourth-order valence-electron chi connectivity index (χ4n) is 3.04. The van der Waals surface area contributed by atoms with E-state index in [4.69, 9.17) is 0 Å². The number of hydrogen-bond donors (Lipinski definition) is 0. The number of anilines is 1. The molecule has 0 unspecified atom stereocenters. The van der Waals surface area contributed by atoms with Gasteiger partial charge in [-0.1, -0.05) is 15.9 Å². The maximum absolute atomic E-state index is 12.9. The Morgan fingerprint density at radius 2 is 1.59 bits per heavy atom. The summed E-state index contributed by atoms with van der Waals surface area (Å²) >= 11 is 3.24. The second-order valence-corrected chi connectivity index (χ2v) is 9.16. The Labute approximate surface area is 173 Å². The van der Waals surface area contributed by atoms with Gasteiger partial charge in [0.1, 0.15) is 5.69 Å². The maximum atomic E-state index is 12.9. The first-order valence-electron chi connectivity index (χ1n) is 8.36. The molecule has 0 radical (unpaired) electrons. The normalized spacial score (nSPS) is 16.1. The minimum Gasteiger partial charge on any atom is -0.363 e. The molecule has 0 saturated carbocycles. The van der Waals surface area contributed by atoms with Crippen molar-refractivity contribution in [2.75, 3.05) is 31.1 Å². The molecule has 0 aliphatic carbocycles. The van der Waals surface area contributed by atoms with Crippen LogP contribution in [0.3, 0.4) is 0 Å². The number of benzene rings is 2. The molecule has 2 aromatic carbocycles. The Hall–Kier alpha value is -2.18. The van der Waals surface area contributed by atoms with Crippen LogP contribution in [0.2, 0.25) is 0 Å². The third kappa shape index (κ3) is 4.54. The lowest BCUT2D eigenvalue weighted by molar-refractivity contribution is -0.384. The number of nitro groups is 1. The van der Waals surface area contributed by atoms with Crippen molar-refractivity contribution < 1.29 is 26.5 Å². The Bertz CT molecular complexity index is 1020. The number of halogens is 4. The predicted octanol–water partition coefficient (Wildman–Crippen LogP) is 3.89. The van der Waals surface area contributed by atoms with Gasteiger partial charge in [-0.15, -0.1) is 0 Å². The van der Waals surface area contributed by atoms with Gasteiger partial charge in [-0.3, -0.25) is 10.1 Å². The van der Waals surface area contributed by atoms with Gasteiger partial charge in [0.05, 0.1) is 15.4 Å². The molecule has 29 heavy (non-hydrogen) atoms. The van der Waals surface area contributed by atoms with E-state index in [2.05, 4.69) is 15.9 Å². The van der Waals surface area contributed by atoms with E-state index in [9.17, 15) is 31.7 Å². The first-order chi connectivity index (χ1) is 13.5. The topological polar surface area (TPSA) is 83.8 Å². The molecule has 7 nitrogen and oxygen atoms in total. The van der Waals surface area contributed by atoms with Crippen molar-refractivity contribution in [2.45, 2.75) is 11.1 Å². The molecule has 1 aliphatic heterocycles. The van der Waals surface area contributed by atoms with Crippen molar-refractivity contribution in [1.82, 2.24) is 4.31 Å². The van der Waals surface area contributed by atoms with Crippen LogP contribution in [-0.2, 0) is 16.2 Å². The van der Waals surface area contributed by atoms with Crippen molar-refractivity contribution in [2.24, 2.45) is 0 Å². The molecule has 2 aromatic rings. The Kier molecular flexibility index (Phi) is 5.88. The molecule has 0 atom stereocenters. The summed E-state index contributed by atoms with van der Waals surface area (Å²) in [6.45, 7) is 0.330. The molecular weight excluding hydrogens is 479 g/mol. The van der Waals surface area contributed by atoms with Gasteiger partial charge in [0, 0.05) is 36.7 Å². The van der Waals surface area contributed by atoms with Gasteiger partial charge in [0.25, 0.3) is 5.69 Å². The molecule has 156 valence electrons. The zero-order valence-electron chi connectivity index (χ0n) is 14.8. The van der Waals surface area contributed by atoms with E-state index < -0.39 is 32.4 Å². The summed E-state index contributed by atoms with van der Waals surface area (Å²) in [7, 11) is -3.73. The highest BCUT2D eigenvalue weighted by Crippen LogP contribution is 2.37. The van der Waals surface area contributed by atoms with Gasteiger partial charge in [0.2, 0.25) is 10.0 Å². The van der Waals surface area contributed by atoms with Crippen molar-refractivity contribution in [3.63, 3.8) is 0 Å². The molecule has 0 aromatic heterocycles.